The van der Waals surface area contributed by atoms with Gasteiger partial charge in [0.05, 0.1) is 17.6 Å². The van der Waals surface area contributed by atoms with Crippen molar-refractivity contribution < 1.29 is 23.4 Å². The van der Waals surface area contributed by atoms with Crippen LogP contribution in [0.4, 0.5) is 13.2 Å². The Hall–Kier alpha value is -2.71. The number of imidazole rings is 1. The molecule has 0 saturated carbocycles. The molecule has 0 bridgehead atoms. The number of alkyl halides is 3. The summed E-state index contributed by atoms with van der Waals surface area (Å²) in [4.78, 5) is 8.28. The van der Waals surface area contributed by atoms with Crippen molar-refractivity contribution >= 4 is 0 Å². The molecule has 0 saturated heterocycles. The van der Waals surface area contributed by atoms with Crippen LogP contribution in [0.2, 0.25) is 0 Å². The van der Waals surface area contributed by atoms with Crippen molar-refractivity contribution in [3.05, 3.63) is 71.8 Å². The van der Waals surface area contributed by atoms with E-state index in [9.17, 15) is 23.4 Å². The maximum Gasteiger partial charge on any atom is 0.416 e. The Morgan fingerprint density at radius 1 is 1.04 bits per heavy atom. The average molecular weight is 349 g/mol. The van der Waals surface area contributed by atoms with Gasteiger partial charge in [-0.1, -0.05) is 12.1 Å². The molecule has 2 aromatic heterocycles. The summed E-state index contributed by atoms with van der Waals surface area (Å²) in [6, 6.07) is 8.05. The molecule has 0 aliphatic heterocycles. The molecule has 25 heavy (non-hydrogen) atoms. The first kappa shape index (κ1) is 17.1. The fourth-order valence-electron chi connectivity index (χ4n) is 2.38. The molecule has 0 fully saturated rings. The summed E-state index contributed by atoms with van der Waals surface area (Å²) in [5.74, 6) is 0. The van der Waals surface area contributed by atoms with Gasteiger partial charge in [-0.05, 0) is 29.8 Å². The van der Waals surface area contributed by atoms with Crippen LogP contribution in [0, 0.1) is 0 Å². The monoisotopic (exact) mass is 349 g/mol. The number of benzene rings is 1. The van der Waals surface area contributed by atoms with Gasteiger partial charge >= 0.3 is 6.18 Å². The third kappa shape index (κ3) is 4.04. The molecule has 0 aliphatic carbocycles. The minimum absolute atomic E-state index is 0.221. The van der Waals surface area contributed by atoms with Crippen LogP contribution in [0.25, 0.3) is 11.4 Å². The lowest BCUT2D eigenvalue weighted by atomic mass is 10.1. The van der Waals surface area contributed by atoms with Crippen molar-refractivity contribution in [1.82, 2.24) is 14.5 Å². The van der Waals surface area contributed by atoms with E-state index in [0.717, 1.165) is 12.1 Å². The number of aliphatic hydroxyl groups is 2. The Morgan fingerprint density at radius 3 is 2.56 bits per heavy atom. The molecule has 0 aliphatic rings. The molecule has 0 amide bonds. The van der Waals surface area contributed by atoms with Gasteiger partial charge in [0.15, 0.2) is 6.29 Å². The number of nitrogens with zero attached hydrogens (tertiary/aromatic N) is 3. The van der Waals surface area contributed by atoms with Crippen molar-refractivity contribution in [1.29, 1.82) is 0 Å². The molecule has 0 spiro atoms. The number of pyridine rings is 1. The van der Waals surface area contributed by atoms with Crippen LogP contribution in [0.5, 0.6) is 0 Å². The van der Waals surface area contributed by atoms with Gasteiger partial charge in [0, 0.05) is 24.5 Å². The molecule has 2 N–H and O–H groups in total. The molecule has 1 aromatic carbocycles. The van der Waals surface area contributed by atoms with Crippen molar-refractivity contribution in [2.45, 2.75) is 19.0 Å². The Kier molecular flexibility index (Phi) is 4.56. The average Bonchev–Trinajstić information content (AvgIpc) is 3.03. The first-order valence-electron chi connectivity index (χ1n) is 7.33. The van der Waals surface area contributed by atoms with Crippen LogP contribution < -0.4 is 0 Å². The molecule has 8 heteroatoms. The summed E-state index contributed by atoms with van der Waals surface area (Å²) in [7, 11) is 0. The molecule has 130 valence electrons. The van der Waals surface area contributed by atoms with E-state index in [2.05, 4.69) is 9.97 Å². The minimum Gasteiger partial charge on any atom is -0.364 e. The Bertz CT molecular complexity index is 875. The van der Waals surface area contributed by atoms with Gasteiger partial charge in [-0.15, -0.1) is 0 Å². The van der Waals surface area contributed by atoms with Crippen LogP contribution in [-0.4, -0.2) is 24.7 Å². The van der Waals surface area contributed by atoms with Gasteiger partial charge in [0.25, 0.3) is 0 Å². The fraction of sp³-hybridized carbons (Fsp3) is 0.176. The number of hydrogen-bond donors (Lipinski definition) is 2. The Balaban J connectivity index is 1.82. The zero-order valence-corrected chi connectivity index (χ0v) is 12.9. The van der Waals surface area contributed by atoms with Crippen LogP contribution >= 0.6 is 0 Å². The second kappa shape index (κ2) is 6.66. The summed E-state index contributed by atoms with van der Waals surface area (Å²) in [5.41, 5.74) is 0.989. The zero-order valence-electron chi connectivity index (χ0n) is 12.9. The third-order valence-electron chi connectivity index (χ3n) is 3.60. The summed E-state index contributed by atoms with van der Waals surface area (Å²) >= 11 is 0. The van der Waals surface area contributed by atoms with E-state index in [4.69, 9.17) is 0 Å². The number of hydrogen-bond acceptors (Lipinski definition) is 4. The van der Waals surface area contributed by atoms with Gasteiger partial charge in [0.1, 0.15) is 5.69 Å². The van der Waals surface area contributed by atoms with Crippen molar-refractivity contribution in [3.63, 3.8) is 0 Å². The highest BCUT2D eigenvalue weighted by Crippen LogP contribution is 2.29. The van der Waals surface area contributed by atoms with Crippen LogP contribution in [0.1, 0.15) is 23.0 Å². The van der Waals surface area contributed by atoms with Crippen LogP contribution in [-0.2, 0) is 12.7 Å². The number of aromatic nitrogens is 3. The standard InChI is InChI=1S/C17H14F3N3O2/c18-17(19,20)13-3-1-2-11(6-13)8-23-9-15(22-10-23)14-7-12(16(24)25)4-5-21-14/h1-7,9-10,16,24-25H,8H2. The molecule has 3 rings (SSSR count). The van der Waals surface area contributed by atoms with Crippen LogP contribution in [0.15, 0.2) is 55.1 Å². The highest BCUT2D eigenvalue weighted by Gasteiger charge is 2.30. The van der Waals surface area contributed by atoms with Gasteiger partial charge in [-0.3, -0.25) is 4.98 Å². The van der Waals surface area contributed by atoms with Gasteiger partial charge in [0.2, 0.25) is 0 Å². The molecule has 3 aromatic rings. The van der Waals surface area contributed by atoms with E-state index in [0.29, 0.717) is 17.0 Å². The van der Waals surface area contributed by atoms with Gasteiger partial charge in [-0.25, -0.2) is 4.98 Å². The predicted molar refractivity (Wildman–Crippen MR) is 83.2 cm³/mol. The normalized spacial score (nSPS) is 11.9. The van der Waals surface area contributed by atoms with E-state index in [1.807, 2.05) is 0 Å². The van der Waals surface area contributed by atoms with E-state index < -0.39 is 18.0 Å². The molecule has 2 heterocycles. The lowest BCUT2D eigenvalue weighted by molar-refractivity contribution is -0.137. The van der Waals surface area contributed by atoms with E-state index in [1.54, 1.807) is 16.8 Å². The van der Waals surface area contributed by atoms with Crippen molar-refractivity contribution in [2.75, 3.05) is 0 Å². The molecular weight excluding hydrogens is 335 g/mol. The fourth-order valence-corrected chi connectivity index (χ4v) is 2.38. The maximum absolute atomic E-state index is 12.8. The first-order chi connectivity index (χ1) is 11.8. The molecule has 0 atom stereocenters. The lowest BCUT2D eigenvalue weighted by Gasteiger charge is -2.09. The molecule has 0 unspecified atom stereocenters. The minimum atomic E-state index is -4.38. The van der Waals surface area contributed by atoms with Crippen molar-refractivity contribution in [3.8, 4) is 11.4 Å². The third-order valence-corrected chi connectivity index (χ3v) is 3.60. The smallest absolute Gasteiger partial charge is 0.364 e. The highest BCUT2D eigenvalue weighted by molar-refractivity contribution is 5.53. The SMILES string of the molecule is OC(O)c1ccnc(-c2cn(Cc3cccc(C(F)(F)F)c3)cn2)c1. The van der Waals surface area contributed by atoms with E-state index in [1.165, 1.54) is 30.7 Å². The molecule has 5 nitrogen and oxygen atoms in total. The highest BCUT2D eigenvalue weighted by atomic mass is 19.4. The number of halogens is 3. The summed E-state index contributed by atoms with van der Waals surface area (Å²) in [6.07, 6.45) is -1.45. The second-order valence-corrected chi connectivity index (χ2v) is 5.48. The summed E-state index contributed by atoms with van der Waals surface area (Å²) in [6.45, 7) is 0.221. The lowest BCUT2D eigenvalue weighted by Crippen LogP contribution is -2.06. The largest absolute Gasteiger partial charge is 0.416 e. The maximum atomic E-state index is 12.8. The summed E-state index contributed by atoms with van der Waals surface area (Å²) < 4.78 is 39.9. The molecule has 0 radical (unpaired) electrons. The quantitative estimate of drug-likeness (QED) is 0.711. The number of aliphatic hydroxyl groups excluding tert-OH is 1. The van der Waals surface area contributed by atoms with E-state index in [-0.39, 0.29) is 12.1 Å². The predicted octanol–water partition coefficient (Wildman–Crippen LogP) is 3.00. The second-order valence-electron chi connectivity index (χ2n) is 5.48. The summed E-state index contributed by atoms with van der Waals surface area (Å²) in [5, 5.41) is 18.4. The Labute approximate surface area is 141 Å². The van der Waals surface area contributed by atoms with E-state index >= 15 is 0 Å². The zero-order chi connectivity index (χ0) is 18.0. The number of rotatable bonds is 4. The van der Waals surface area contributed by atoms with Crippen LogP contribution in [0.3, 0.4) is 0 Å². The molecular formula is C17H14F3N3O2. The Morgan fingerprint density at radius 2 is 1.84 bits per heavy atom. The van der Waals surface area contributed by atoms with Crippen molar-refractivity contribution in [2.24, 2.45) is 0 Å². The topological polar surface area (TPSA) is 71.2 Å². The van der Waals surface area contributed by atoms with Gasteiger partial charge < -0.3 is 14.8 Å². The first-order valence-corrected chi connectivity index (χ1v) is 7.33. The van der Waals surface area contributed by atoms with Gasteiger partial charge in [-0.2, -0.15) is 13.2 Å².